The molecule has 2 nitrogen and oxygen atoms in total. The van der Waals surface area contributed by atoms with Gasteiger partial charge in [-0.1, -0.05) is 17.7 Å². The monoisotopic (exact) mass is 248 g/mol. The number of nitrogens with one attached hydrogen (secondary N) is 1. The van der Waals surface area contributed by atoms with Gasteiger partial charge in [0.05, 0.1) is 5.02 Å². The van der Waals surface area contributed by atoms with Gasteiger partial charge in [-0.2, -0.15) is 0 Å². The first-order valence-electron chi connectivity index (χ1n) is 3.56. The zero-order valence-corrected chi connectivity index (χ0v) is 8.98. The summed E-state index contributed by atoms with van der Waals surface area (Å²) in [4.78, 5) is 0. The van der Waals surface area contributed by atoms with E-state index in [9.17, 15) is 0 Å². The average Bonchev–Trinajstić information content (AvgIpc) is 2.08. The molecule has 0 fully saturated rings. The lowest BCUT2D eigenvalue weighted by Gasteiger charge is -2.10. The minimum absolute atomic E-state index is 0.138. The molecule has 0 radical (unpaired) electrons. The minimum atomic E-state index is 0.138. The molecule has 0 saturated carbocycles. The second kappa shape index (κ2) is 4.23. The predicted octanol–water partition coefficient (Wildman–Crippen LogP) is 2.63. The van der Waals surface area contributed by atoms with Gasteiger partial charge in [0, 0.05) is 10.5 Å². The van der Waals surface area contributed by atoms with Crippen LogP contribution >= 0.6 is 27.5 Å². The molecule has 1 atom stereocenters. The van der Waals surface area contributed by atoms with E-state index in [1.165, 1.54) is 0 Å². The molecule has 0 spiro atoms. The van der Waals surface area contributed by atoms with E-state index in [0.29, 0.717) is 5.02 Å². The molecule has 66 valence electrons. The smallest absolute Gasteiger partial charge is 0.0548 e. The maximum absolute atomic E-state index is 5.83. The van der Waals surface area contributed by atoms with Crippen LogP contribution in [0.15, 0.2) is 22.7 Å². The number of halogens is 2. The highest BCUT2D eigenvalue weighted by Gasteiger charge is 2.04. The molecule has 1 rings (SSSR count). The molecule has 1 unspecified atom stereocenters. The van der Waals surface area contributed by atoms with E-state index in [-0.39, 0.29) is 6.04 Å². The normalized spacial score (nSPS) is 13.0. The lowest BCUT2D eigenvalue weighted by atomic mass is 10.1. The van der Waals surface area contributed by atoms with E-state index in [0.717, 1.165) is 10.0 Å². The van der Waals surface area contributed by atoms with E-state index in [1.807, 2.05) is 25.1 Å². The Balaban J connectivity index is 2.96. The Bertz CT molecular complexity index is 278. The van der Waals surface area contributed by atoms with E-state index in [1.54, 1.807) is 0 Å². The Morgan fingerprint density at radius 3 is 2.75 bits per heavy atom. The topological polar surface area (TPSA) is 38.0 Å². The fraction of sp³-hybridized carbons (Fsp3) is 0.250. The maximum Gasteiger partial charge on any atom is 0.0548 e. The van der Waals surface area contributed by atoms with Gasteiger partial charge in [-0.05, 0) is 40.5 Å². The first-order chi connectivity index (χ1) is 5.65. The molecule has 0 aliphatic heterocycles. The van der Waals surface area contributed by atoms with Gasteiger partial charge < -0.3 is 0 Å². The van der Waals surface area contributed by atoms with Crippen LogP contribution in [0.3, 0.4) is 0 Å². The van der Waals surface area contributed by atoms with Crippen LogP contribution in [-0.2, 0) is 0 Å². The van der Waals surface area contributed by atoms with Crippen molar-refractivity contribution in [1.29, 1.82) is 0 Å². The molecule has 0 bridgehead atoms. The highest BCUT2D eigenvalue weighted by atomic mass is 79.9. The summed E-state index contributed by atoms with van der Waals surface area (Å²) in [6.45, 7) is 1.98. The summed E-state index contributed by atoms with van der Waals surface area (Å²) in [5.41, 5.74) is 3.77. The molecular weight excluding hydrogens is 239 g/mol. The van der Waals surface area contributed by atoms with Gasteiger partial charge in [-0.25, -0.2) is 0 Å². The highest BCUT2D eigenvalue weighted by Crippen LogP contribution is 2.25. The molecule has 0 aliphatic rings. The van der Waals surface area contributed by atoms with Crippen molar-refractivity contribution in [3.05, 3.63) is 33.3 Å². The van der Waals surface area contributed by atoms with Crippen molar-refractivity contribution < 1.29 is 0 Å². The Morgan fingerprint density at radius 2 is 2.25 bits per heavy atom. The van der Waals surface area contributed by atoms with Crippen LogP contribution in [0.4, 0.5) is 0 Å². The number of benzene rings is 1. The number of hydrazine groups is 1. The fourth-order valence-electron chi connectivity index (χ4n) is 0.878. The summed E-state index contributed by atoms with van der Waals surface area (Å²) in [6.07, 6.45) is 0. The van der Waals surface area contributed by atoms with Gasteiger partial charge >= 0.3 is 0 Å². The van der Waals surface area contributed by atoms with E-state index < -0.39 is 0 Å². The van der Waals surface area contributed by atoms with E-state index >= 15 is 0 Å². The summed E-state index contributed by atoms with van der Waals surface area (Å²) in [7, 11) is 0. The van der Waals surface area contributed by atoms with Crippen LogP contribution in [0.1, 0.15) is 18.5 Å². The molecule has 0 amide bonds. The van der Waals surface area contributed by atoms with Crippen molar-refractivity contribution in [2.75, 3.05) is 0 Å². The van der Waals surface area contributed by atoms with Crippen molar-refractivity contribution in [3.63, 3.8) is 0 Å². The van der Waals surface area contributed by atoms with Gasteiger partial charge in [0.2, 0.25) is 0 Å². The quantitative estimate of drug-likeness (QED) is 0.625. The zero-order chi connectivity index (χ0) is 9.14. The van der Waals surface area contributed by atoms with Crippen LogP contribution < -0.4 is 11.3 Å². The molecule has 0 aliphatic carbocycles. The first kappa shape index (κ1) is 9.99. The van der Waals surface area contributed by atoms with E-state index in [2.05, 4.69) is 21.4 Å². The lowest BCUT2D eigenvalue weighted by Crippen LogP contribution is -2.25. The van der Waals surface area contributed by atoms with Crippen LogP contribution in [0.2, 0.25) is 5.02 Å². The van der Waals surface area contributed by atoms with Gasteiger partial charge in [0.25, 0.3) is 0 Å². The summed E-state index contributed by atoms with van der Waals surface area (Å²) < 4.78 is 0.892. The van der Waals surface area contributed by atoms with Crippen LogP contribution in [0, 0.1) is 0 Å². The third kappa shape index (κ3) is 2.20. The molecule has 0 heterocycles. The molecular formula is C8H10BrClN2. The third-order valence-corrected chi connectivity index (χ3v) is 2.91. The second-order valence-electron chi connectivity index (χ2n) is 2.56. The maximum atomic E-state index is 5.83. The summed E-state index contributed by atoms with van der Waals surface area (Å²) in [5, 5.41) is 0.711. The molecule has 3 N–H and O–H groups in total. The van der Waals surface area contributed by atoms with Crippen molar-refractivity contribution in [3.8, 4) is 0 Å². The van der Waals surface area contributed by atoms with Gasteiger partial charge in [0.1, 0.15) is 0 Å². The highest BCUT2D eigenvalue weighted by molar-refractivity contribution is 9.10. The molecule has 1 aromatic rings. The van der Waals surface area contributed by atoms with Gasteiger partial charge in [0.15, 0.2) is 0 Å². The van der Waals surface area contributed by atoms with Gasteiger partial charge in [-0.3, -0.25) is 11.3 Å². The average molecular weight is 250 g/mol. The Kier molecular flexibility index (Phi) is 3.53. The summed E-state index contributed by atoms with van der Waals surface area (Å²) in [6, 6.07) is 5.87. The number of hydrogen-bond donors (Lipinski definition) is 2. The van der Waals surface area contributed by atoms with Crippen LogP contribution in [-0.4, -0.2) is 0 Å². The molecule has 4 heteroatoms. The van der Waals surface area contributed by atoms with Crippen LogP contribution in [0.5, 0.6) is 0 Å². The SMILES string of the molecule is CC(NN)c1ccc(Cl)c(Br)c1. The second-order valence-corrected chi connectivity index (χ2v) is 3.82. The van der Waals surface area contributed by atoms with E-state index in [4.69, 9.17) is 17.4 Å². The summed E-state index contributed by atoms with van der Waals surface area (Å²) >= 11 is 9.17. The van der Waals surface area contributed by atoms with Crippen molar-refractivity contribution in [2.45, 2.75) is 13.0 Å². The first-order valence-corrected chi connectivity index (χ1v) is 4.73. The van der Waals surface area contributed by atoms with Gasteiger partial charge in [-0.15, -0.1) is 0 Å². The Hall–Kier alpha value is -0.0900. The van der Waals surface area contributed by atoms with Crippen molar-refractivity contribution in [2.24, 2.45) is 5.84 Å². The molecule has 1 aromatic carbocycles. The standard InChI is InChI=1S/C8H10BrClN2/c1-5(12-11)6-2-3-8(10)7(9)4-6/h2-5,12H,11H2,1H3. The largest absolute Gasteiger partial charge is 0.271 e. The fourth-order valence-corrected chi connectivity index (χ4v) is 1.39. The van der Waals surface area contributed by atoms with Crippen molar-refractivity contribution >= 4 is 27.5 Å². The lowest BCUT2D eigenvalue weighted by molar-refractivity contribution is 0.602. The molecule has 0 aromatic heterocycles. The van der Waals surface area contributed by atoms with Crippen LogP contribution in [0.25, 0.3) is 0 Å². The summed E-state index contributed by atoms with van der Waals surface area (Å²) in [5.74, 6) is 5.29. The predicted molar refractivity (Wildman–Crippen MR) is 54.9 cm³/mol. The minimum Gasteiger partial charge on any atom is -0.271 e. The zero-order valence-electron chi connectivity index (χ0n) is 6.64. The third-order valence-electron chi connectivity index (χ3n) is 1.69. The number of rotatable bonds is 2. The number of hydrogen-bond acceptors (Lipinski definition) is 2. The Labute approximate surface area is 85.2 Å². The molecule has 0 saturated heterocycles. The Morgan fingerprint density at radius 1 is 1.58 bits per heavy atom. The van der Waals surface area contributed by atoms with Crippen molar-refractivity contribution in [1.82, 2.24) is 5.43 Å². The molecule has 12 heavy (non-hydrogen) atoms. The number of nitrogens with two attached hydrogens (primary N) is 1.